The molecule has 2 aliphatic heterocycles. The Hall–Kier alpha value is -5.38. The zero-order chi connectivity index (χ0) is 45.5. The van der Waals surface area contributed by atoms with E-state index in [1.807, 2.05) is 45.1 Å². The summed E-state index contributed by atoms with van der Waals surface area (Å²) in [6, 6.07) is 0. The SMILES string of the molecule is C=Cc1c2[nH]c(c1C)/C=C1\N/C(=C3\c4[nH]c(c(C)c4C(=O)[C@@H]3C(=O)OC)/C=c3\[nH]/c(c(C=O)c3CC)=C\2)[C@@H](CCC(=O)OC/C=C(\C)CCC[C@@H](C)CCC[C@H](C)CCCC)[C@@H]1C. The van der Waals surface area contributed by atoms with E-state index >= 15 is 0 Å². The molecule has 4 N–H and O–H groups in total. The highest BCUT2D eigenvalue weighted by atomic mass is 16.5. The van der Waals surface area contributed by atoms with Crippen LogP contribution in [-0.4, -0.2) is 52.7 Å². The third-order valence-corrected chi connectivity index (χ3v) is 14.0. The lowest BCUT2D eigenvalue weighted by Crippen LogP contribution is -2.25. The van der Waals surface area contributed by atoms with E-state index in [0.717, 1.165) is 64.2 Å². The van der Waals surface area contributed by atoms with Gasteiger partial charge in [-0.25, -0.2) is 0 Å². The van der Waals surface area contributed by atoms with Gasteiger partial charge in [0.2, 0.25) is 0 Å². The number of ether oxygens (including phenoxy) is 2. The molecule has 3 aromatic rings. The van der Waals surface area contributed by atoms with Crippen LogP contribution >= 0.6 is 0 Å². The van der Waals surface area contributed by atoms with Gasteiger partial charge in [-0.1, -0.05) is 97.8 Å². The first-order valence-electron chi connectivity index (χ1n) is 23.4. The normalized spacial score (nSPS) is 22.0. The maximum atomic E-state index is 14.4. The molecule has 3 aromatic heterocycles. The molecule has 10 heteroatoms. The van der Waals surface area contributed by atoms with Crippen LogP contribution in [0.1, 0.15) is 178 Å². The van der Waals surface area contributed by atoms with Gasteiger partial charge in [0.05, 0.1) is 18.2 Å². The van der Waals surface area contributed by atoms with Gasteiger partial charge in [-0.2, -0.15) is 0 Å². The van der Waals surface area contributed by atoms with E-state index in [1.165, 1.54) is 57.6 Å². The standard InChI is InChI=1S/C53H70N4O6/c1-11-14-17-30(4)18-15-19-31(5)20-16-21-32(6)24-25-63-46(59)23-22-38-34(8)41-26-40-33(7)36(12-2)43(54-40)28-45-39(29-58)37(13-3)44(55-45)27-42-35(9)47-51(57-42)48(50(38)56-41)49(52(47)60)53(61)62-10/h12,24,26-31,34,38,49,54-57H,2,11,13-23,25H2,1,3-10H3/b32-24+,41-26-,44-27-,45-28-,50-48-/t30-,31+,34+,38+,49-/m1/s1. The summed E-state index contributed by atoms with van der Waals surface area (Å²) in [5.74, 6) is -1.32. The van der Waals surface area contributed by atoms with Crippen molar-refractivity contribution in [3.8, 4) is 0 Å². The van der Waals surface area contributed by atoms with Crippen LogP contribution in [0.15, 0.2) is 29.6 Å². The topological polar surface area (TPSA) is 146 Å². The molecule has 0 aromatic carbocycles. The number of rotatable bonds is 20. The molecule has 8 bridgehead atoms. The fourth-order valence-corrected chi connectivity index (χ4v) is 10.1. The Labute approximate surface area is 373 Å². The largest absolute Gasteiger partial charge is 0.468 e. The molecule has 10 nitrogen and oxygen atoms in total. The van der Waals surface area contributed by atoms with Crippen LogP contribution in [0.4, 0.5) is 0 Å². The third-order valence-electron chi connectivity index (χ3n) is 14.0. The fourth-order valence-electron chi connectivity index (χ4n) is 10.1. The van der Waals surface area contributed by atoms with Crippen molar-refractivity contribution in [2.45, 2.75) is 132 Å². The number of aromatic amines is 3. The number of aldehydes is 1. The molecule has 1 saturated heterocycles. The Bertz CT molecular complexity index is 2450. The second-order valence-corrected chi connectivity index (χ2v) is 18.4. The van der Waals surface area contributed by atoms with Crippen molar-refractivity contribution in [1.82, 2.24) is 20.3 Å². The zero-order valence-electron chi connectivity index (χ0n) is 39.2. The first kappa shape index (κ1) is 47.1. The summed E-state index contributed by atoms with van der Waals surface area (Å²) >= 11 is 0. The highest BCUT2D eigenvalue weighted by Gasteiger charge is 2.48. The first-order chi connectivity index (χ1) is 30.3. The number of allylic oxidation sites excluding steroid dienone is 3. The van der Waals surface area contributed by atoms with E-state index in [4.69, 9.17) is 9.47 Å². The summed E-state index contributed by atoms with van der Waals surface area (Å²) in [4.78, 5) is 64.6. The Morgan fingerprint density at radius 1 is 0.873 bits per heavy atom. The summed E-state index contributed by atoms with van der Waals surface area (Å²) in [5.41, 5.74) is 10.6. The monoisotopic (exact) mass is 859 g/mol. The second kappa shape index (κ2) is 20.9. The maximum absolute atomic E-state index is 14.4. The van der Waals surface area contributed by atoms with E-state index in [2.05, 4.69) is 67.5 Å². The third kappa shape index (κ3) is 10.1. The lowest BCUT2D eigenvalue weighted by Gasteiger charge is -2.19. The number of fused-ring (bicyclic) bond motifs is 7. The molecule has 0 radical (unpaired) electrons. The number of unbranched alkanes of at least 4 members (excludes halogenated alkanes) is 1. The van der Waals surface area contributed by atoms with Crippen molar-refractivity contribution >= 4 is 53.9 Å². The van der Waals surface area contributed by atoms with Crippen LogP contribution in [0.25, 0.3) is 29.9 Å². The van der Waals surface area contributed by atoms with Crippen molar-refractivity contribution in [3.63, 3.8) is 0 Å². The van der Waals surface area contributed by atoms with E-state index in [9.17, 15) is 19.2 Å². The Morgan fingerprint density at radius 2 is 1.56 bits per heavy atom. The molecule has 1 aliphatic carbocycles. The minimum absolute atomic E-state index is 0.133. The first-order valence-corrected chi connectivity index (χ1v) is 23.4. The molecule has 5 heterocycles. The number of hydrogen-bond acceptors (Lipinski definition) is 7. The van der Waals surface area contributed by atoms with Crippen LogP contribution in [0, 0.1) is 43.4 Å². The molecular weight excluding hydrogens is 789 g/mol. The van der Waals surface area contributed by atoms with Crippen molar-refractivity contribution < 1.29 is 28.7 Å². The molecule has 0 saturated carbocycles. The number of methoxy groups -OCH3 is 1. The number of aromatic nitrogens is 3. The number of ketones is 1. The summed E-state index contributed by atoms with van der Waals surface area (Å²) in [7, 11) is 1.30. The molecular formula is C53H70N4O6. The summed E-state index contributed by atoms with van der Waals surface area (Å²) < 4.78 is 11.1. The van der Waals surface area contributed by atoms with E-state index in [-0.39, 0.29) is 36.6 Å². The number of hydrogen-bond donors (Lipinski definition) is 4. The maximum Gasteiger partial charge on any atom is 0.321 e. The highest BCUT2D eigenvalue weighted by Crippen LogP contribution is 2.48. The molecule has 0 unspecified atom stereocenters. The number of carbonyl (C=O) groups is 4. The minimum Gasteiger partial charge on any atom is -0.468 e. The van der Waals surface area contributed by atoms with Crippen LogP contribution in [0.5, 0.6) is 0 Å². The minimum atomic E-state index is -1.19. The van der Waals surface area contributed by atoms with E-state index < -0.39 is 11.9 Å². The Morgan fingerprint density at radius 3 is 2.22 bits per heavy atom. The van der Waals surface area contributed by atoms with E-state index in [0.29, 0.717) is 63.5 Å². The molecule has 1 fully saturated rings. The number of carbonyl (C=O) groups excluding carboxylic acids is 4. The van der Waals surface area contributed by atoms with Crippen molar-refractivity contribution in [1.29, 1.82) is 0 Å². The number of esters is 2. The van der Waals surface area contributed by atoms with Gasteiger partial charge in [0.25, 0.3) is 0 Å². The van der Waals surface area contributed by atoms with Gasteiger partial charge >= 0.3 is 11.9 Å². The van der Waals surface area contributed by atoms with Gasteiger partial charge in [-0.05, 0) is 99.3 Å². The van der Waals surface area contributed by atoms with Gasteiger partial charge in [0.1, 0.15) is 12.5 Å². The molecule has 63 heavy (non-hydrogen) atoms. The van der Waals surface area contributed by atoms with Crippen LogP contribution in [-0.2, 0) is 25.5 Å². The summed E-state index contributed by atoms with van der Waals surface area (Å²) in [5, 5.41) is 5.07. The highest BCUT2D eigenvalue weighted by molar-refractivity contribution is 6.24. The van der Waals surface area contributed by atoms with Crippen molar-refractivity contribution in [2.24, 2.45) is 29.6 Å². The predicted molar refractivity (Wildman–Crippen MR) is 253 cm³/mol. The number of nitrogens with one attached hydrogen (secondary N) is 4. The van der Waals surface area contributed by atoms with Crippen LogP contribution in [0.2, 0.25) is 0 Å². The van der Waals surface area contributed by atoms with E-state index in [1.54, 1.807) is 0 Å². The Balaban J connectivity index is 1.27. The molecule has 0 spiro atoms. The van der Waals surface area contributed by atoms with Crippen LogP contribution < -0.4 is 16.0 Å². The second-order valence-electron chi connectivity index (χ2n) is 18.4. The van der Waals surface area contributed by atoms with Gasteiger partial charge in [0, 0.05) is 74.3 Å². The lowest BCUT2D eigenvalue weighted by atomic mass is 9.85. The van der Waals surface area contributed by atoms with Gasteiger partial charge in [-0.15, -0.1) is 0 Å². The Kier molecular flexibility index (Phi) is 15.6. The average Bonchev–Trinajstić information content (AvgIpc) is 4.01. The molecule has 338 valence electrons. The lowest BCUT2D eigenvalue weighted by molar-refractivity contribution is -0.143. The zero-order valence-corrected chi connectivity index (χ0v) is 39.2. The van der Waals surface area contributed by atoms with Gasteiger partial charge < -0.3 is 29.7 Å². The summed E-state index contributed by atoms with van der Waals surface area (Å²) in [6.07, 6.45) is 23.0. The molecule has 5 atom stereocenters. The molecule has 3 aliphatic rings. The average molecular weight is 859 g/mol. The van der Waals surface area contributed by atoms with Crippen molar-refractivity contribution in [3.05, 3.63) is 96.5 Å². The summed E-state index contributed by atoms with van der Waals surface area (Å²) in [6.45, 7) is 21.5. The quantitative estimate of drug-likeness (QED) is 0.0383. The molecule has 0 amide bonds. The van der Waals surface area contributed by atoms with Gasteiger partial charge in [-0.3, -0.25) is 19.2 Å². The van der Waals surface area contributed by atoms with Crippen molar-refractivity contribution in [2.75, 3.05) is 13.7 Å². The smallest absolute Gasteiger partial charge is 0.321 e. The van der Waals surface area contributed by atoms with Gasteiger partial charge in [0.15, 0.2) is 12.1 Å². The number of H-pyrrole nitrogens is 3. The molecule has 6 rings (SSSR count). The van der Waals surface area contributed by atoms with Crippen LogP contribution in [0.3, 0.4) is 0 Å². The predicted octanol–water partition coefficient (Wildman–Crippen LogP) is 9.94. The fraction of sp³-hybridized carbons (Fsp3) is 0.509. The number of Topliss-reactive ketones (excluding diaryl/α,β-unsaturated/α-hetero) is 1.